The van der Waals surface area contributed by atoms with Crippen molar-refractivity contribution >= 4 is 17.9 Å². The molecule has 0 aliphatic carbocycles. The minimum atomic E-state index is -1.15. The molecule has 0 unspecified atom stereocenters. The summed E-state index contributed by atoms with van der Waals surface area (Å²) in [5.74, 6) is -2.88. The summed E-state index contributed by atoms with van der Waals surface area (Å²) in [7, 11) is 0. The average Bonchev–Trinajstić information content (AvgIpc) is 3.43. The normalized spacial score (nSPS) is 23.8. The molecule has 2 heterocycles. The lowest BCUT2D eigenvalue weighted by atomic mass is 10.1. The summed E-state index contributed by atoms with van der Waals surface area (Å²) in [5.41, 5.74) is 0.947. The largest absolute Gasteiger partial charge is 0.458 e. The highest BCUT2D eigenvalue weighted by atomic mass is 16.8. The lowest BCUT2D eigenvalue weighted by molar-refractivity contribution is -0.227. The summed E-state index contributed by atoms with van der Waals surface area (Å²) >= 11 is 0. The summed E-state index contributed by atoms with van der Waals surface area (Å²) in [6.07, 6.45) is -4.95. The molecule has 0 amide bonds. The fourth-order valence-electron chi connectivity index (χ4n) is 4.49. The summed E-state index contributed by atoms with van der Waals surface area (Å²) < 4.78 is 35.2. The van der Waals surface area contributed by atoms with Gasteiger partial charge in [0, 0.05) is 0 Å². The molecular formula is C30H28O9. The van der Waals surface area contributed by atoms with Crippen molar-refractivity contribution in [2.45, 2.75) is 50.3 Å². The van der Waals surface area contributed by atoms with Gasteiger partial charge in [0.05, 0.1) is 16.7 Å². The maximum atomic E-state index is 13.0. The second-order valence-corrected chi connectivity index (χ2v) is 9.58. The van der Waals surface area contributed by atoms with E-state index >= 15 is 0 Å². The molecule has 0 bridgehead atoms. The fourth-order valence-corrected chi connectivity index (χ4v) is 4.49. The molecule has 0 saturated carbocycles. The van der Waals surface area contributed by atoms with Crippen LogP contribution < -0.4 is 0 Å². The smallest absolute Gasteiger partial charge is 0.338 e. The number of carbonyl (C=O) groups excluding carboxylic acids is 3. The third kappa shape index (κ3) is 6.17. The molecule has 2 fully saturated rings. The minimum absolute atomic E-state index is 0.293. The lowest BCUT2D eigenvalue weighted by Crippen LogP contribution is -2.47. The van der Waals surface area contributed by atoms with E-state index in [1.807, 2.05) is 0 Å². The van der Waals surface area contributed by atoms with Crippen LogP contribution in [0, 0.1) is 0 Å². The van der Waals surface area contributed by atoms with E-state index < -0.39 is 54.4 Å². The van der Waals surface area contributed by atoms with Crippen LogP contribution in [0.1, 0.15) is 44.9 Å². The molecule has 9 nitrogen and oxygen atoms in total. The van der Waals surface area contributed by atoms with Gasteiger partial charge in [0.25, 0.3) is 0 Å². The molecule has 39 heavy (non-hydrogen) atoms. The maximum absolute atomic E-state index is 13.0. The second kappa shape index (κ2) is 11.4. The van der Waals surface area contributed by atoms with E-state index in [2.05, 4.69) is 0 Å². The molecule has 2 saturated heterocycles. The van der Waals surface area contributed by atoms with Crippen molar-refractivity contribution in [2.24, 2.45) is 0 Å². The Labute approximate surface area is 225 Å². The van der Waals surface area contributed by atoms with Crippen LogP contribution in [0.5, 0.6) is 0 Å². The third-order valence-corrected chi connectivity index (χ3v) is 6.30. The van der Waals surface area contributed by atoms with Gasteiger partial charge in [0.15, 0.2) is 30.4 Å². The third-order valence-electron chi connectivity index (χ3n) is 6.30. The molecule has 0 radical (unpaired) electrons. The van der Waals surface area contributed by atoms with Crippen LogP contribution >= 0.6 is 0 Å². The molecule has 5 atom stereocenters. The van der Waals surface area contributed by atoms with Crippen molar-refractivity contribution in [3.8, 4) is 0 Å². The highest BCUT2D eigenvalue weighted by molar-refractivity contribution is 5.90. The Kier molecular flexibility index (Phi) is 7.74. The minimum Gasteiger partial charge on any atom is -0.458 e. The van der Waals surface area contributed by atoms with Gasteiger partial charge in [-0.15, -0.1) is 0 Å². The predicted octanol–water partition coefficient (Wildman–Crippen LogP) is 4.17. The number of hydrogen-bond acceptors (Lipinski definition) is 9. The number of benzene rings is 3. The Morgan fingerprint density at radius 3 is 1.82 bits per heavy atom. The molecule has 2 aliphatic rings. The van der Waals surface area contributed by atoms with Crippen LogP contribution in [0.4, 0.5) is 0 Å². The van der Waals surface area contributed by atoms with Crippen molar-refractivity contribution in [2.75, 3.05) is 6.61 Å². The first-order chi connectivity index (χ1) is 18.8. The first-order valence-electron chi connectivity index (χ1n) is 12.6. The van der Waals surface area contributed by atoms with Crippen LogP contribution in [0.3, 0.4) is 0 Å². The number of carbonyl (C=O) groups is 3. The van der Waals surface area contributed by atoms with Crippen molar-refractivity contribution < 1.29 is 42.8 Å². The zero-order chi connectivity index (χ0) is 27.4. The van der Waals surface area contributed by atoms with E-state index in [9.17, 15) is 14.4 Å². The van der Waals surface area contributed by atoms with E-state index in [1.54, 1.807) is 105 Å². The average molecular weight is 533 g/mol. The second-order valence-electron chi connectivity index (χ2n) is 9.58. The monoisotopic (exact) mass is 532 g/mol. The number of fused-ring (bicyclic) bond motifs is 1. The first kappa shape index (κ1) is 26.6. The highest BCUT2D eigenvalue weighted by Crippen LogP contribution is 2.40. The molecule has 0 aromatic heterocycles. The summed E-state index contributed by atoms with van der Waals surface area (Å²) in [5, 5.41) is 0. The van der Waals surface area contributed by atoms with Crippen LogP contribution in [-0.2, 0) is 28.4 Å². The topological polar surface area (TPSA) is 107 Å². The Morgan fingerprint density at radius 2 is 1.26 bits per heavy atom. The van der Waals surface area contributed by atoms with E-state index in [4.69, 9.17) is 28.4 Å². The molecule has 202 valence electrons. The van der Waals surface area contributed by atoms with Gasteiger partial charge in [0.2, 0.25) is 0 Å². The Hall–Kier alpha value is -4.05. The van der Waals surface area contributed by atoms with Crippen LogP contribution in [0.25, 0.3) is 0 Å². The Morgan fingerprint density at radius 1 is 0.744 bits per heavy atom. The van der Waals surface area contributed by atoms with Crippen molar-refractivity contribution in [1.82, 2.24) is 0 Å². The first-order valence-corrected chi connectivity index (χ1v) is 12.6. The van der Waals surface area contributed by atoms with Gasteiger partial charge in [-0.2, -0.15) is 0 Å². The summed E-state index contributed by atoms with van der Waals surface area (Å²) in [6, 6.07) is 25.2. The van der Waals surface area contributed by atoms with Crippen LogP contribution in [-0.4, -0.2) is 61.0 Å². The summed E-state index contributed by atoms with van der Waals surface area (Å²) in [6.45, 7) is 3.07. The molecule has 2 aliphatic heterocycles. The van der Waals surface area contributed by atoms with E-state index in [0.29, 0.717) is 16.7 Å². The van der Waals surface area contributed by atoms with Gasteiger partial charge < -0.3 is 28.4 Å². The van der Waals surface area contributed by atoms with Gasteiger partial charge in [0.1, 0.15) is 12.7 Å². The van der Waals surface area contributed by atoms with Crippen LogP contribution in [0.15, 0.2) is 91.0 Å². The van der Waals surface area contributed by atoms with E-state index in [0.717, 1.165) is 0 Å². The van der Waals surface area contributed by atoms with E-state index in [1.165, 1.54) is 0 Å². The fraction of sp³-hybridized carbons (Fsp3) is 0.300. The maximum Gasteiger partial charge on any atom is 0.338 e. The van der Waals surface area contributed by atoms with Gasteiger partial charge in [-0.3, -0.25) is 0 Å². The van der Waals surface area contributed by atoms with E-state index in [-0.39, 0.29) is 6.61 Å². The number of hydrogen-bond donors (Lipinski definition) is 0. The number of ether oxygens (including phenoxy) is 6. The zero-order valence-corrected chi connectivity index (χ0v) is 21.4. The standard InChI is InChI=1S/C30H28O9/c1-30(2)38-25-24(36-28(33)21-16-10-5-11-17-21)23(37-29(25)39-30)22(35-27(32)20-14-8-4-9-15-20)18-34-26(31)19-12-6-3-7-13-19/h3-17,22-25,29H,18H2,1-2H3/t22-,23+,24-,25-,29-/m1/s1. The number of esters is 3. The molecule has 5 rings (SSSR count). The van der Waals surface area contributed by atoms with Crippen molar-refractivity contribution in [3.63, 3.8) is 0 Å². The Bertz CT molecular complexity index is 1290. The zero-order valence-electron chi connectivity index (χ0n) is 21.4. The van der Waals surface area contributed by atoms with Gasteiger partial charge >= 0.3 is 17.9 Å². The van der Waals surface area contributed by atoms with Gasteiger partial charge in [-0.05, 0) is 50.2 Å². The van der Waals surface area contributed by atoms with Crippen molar-refractivity contribution in [3.05, 3.63) is 108 Å². The van der Waals surface area contributed by atoms with Crippen molar-refractivity contribution in [1.29, 1.82) is 0 Å². The molecular weight excluding hydrogens is 504 g/mol. The van der Waals surface area contributed by atoms with Gasteiger partial charge in [-0.1, -0.05) is 54.6 Å². The SMILES string of the molecule is CC1(C)O[C@H]2O[C@@H]([C@@H](COC(=O)c3ccccc3)OC(=O)c3ccccc3)[C@@H](OC(=O)c3ccccc3)[C@H]2O1. The molecule has 0 spiro atoms. The quantitative estimate of drug-likeness (QED) is 0.312. The highest BCUT2D eigenvalue weighted by Gasteiger charge is 2.59. The molecule has 3 aromatic carbocycles. The molecule has 0 N–H and O–H groups in total. The molecule has 3 aromatic rings. The lowest BCUT2D eigenvalue weighted by Gasteiger charge is -2.30. The molecule has 9 heteroatoms. The number of rotatable bonds is 8. The summed E-state index contributed by atoms with van der Waals surface area (Å²) in [4.78, 5) is 38.8. The Balaban J connectivity index is 1.41. The van der Waals surface area contributed by atoms with Crippen LogP contribution in [0.2, 0.25) is 0 Å². The predicted molar refractivity (Wildman–Crippen MR) is 137 cm³/mol. The van der Waals surface area contributed by atoms with Gasteiger partial charge in [-0.25, -0.2) is 14.4 Å².